The lowest BCUT2D eigenvalue weighted by atomic mass is 9.88. The zero-order valence-electron chi connectivity index (χ0n) is 13.6. The fraction of sp³-hybridized carbons (Fsp3) is 0.938. The molecule has 0 radical (unpaired) electrons. The van der Waals surface area contributed by atoms with Gasteiger partial charge in [-0.3, -0.25) is 9.69 Å². The fourth-order valence-electron chi connectivity index (χ4n) is 3.20. The van der Waals surface area contributed by atoms with Gasteiger partial charge in [0.25, 0.3) is 0 Å². The van der Waals surface area contributed by atoms with Crippen LogP contribution in [0.15, 0.2) is 0 Å². The maximum Gasteiger partial charge on any atom is 0.234 e. The summed E-state index contributed by atoms with van der Waals surface area (Å²) >= 11 is 0. The molecule has 1 fully saturated rings. The van der Waals surface area contributed by atoms with Crippen molar-refractivity contribution in [3.8, 4) is 0 Å². The lowest BCUT2D eigenvalue weighted by Crippen LogP contribution is -2.56. The summed E-state index contributed by atoms with van der Waals surface area (Å²) in [4.78, 5) is 14.4. The Balaban J connectivity index is 2.63. The van der Waals surface area contributed by atoms with Gasteiger partial charge in [-0.2, -0.15) is 0 Å². The van der Waals surface area contributed by atoms with Crippen LogP contribution in [0, 0.1) is 5.92 Å². The van der Waals surface area contributed by atoms with E-state index in [1.165, 1.54) is 25.7 Å². The second-order valence-electron chi connectivity index (χ2n) is 6.55. The Morgan fingerprint density at radius 1 is 1.25 bits per heavy atom. The second-order valence-corrected chi connectivity index (χ2v) is 6.55. The molecule has 1 amide bonds. The van der Waals surface area contributed by atoms with Crippen LogP contribution in [0.25, 0.3) is 0 Å². The van der Waals surface area contributed by atoms with Gasteiger partial charge in [0, 0.05) is 18.6 Å². The second kappa shape index (κ2) is 8.63. The van der Waals surface area contributed by atoms with E-state index in [4.69, 9.17) is 5.73 Å². The third-order valence-electron chi connectivity index (χ3n) is 4.51. The van der Waals surface area contributed by atoms with E-state index in [2.05, 4.69) is 31.0 Å². The van der Waals surface area contributed by atoms with Gasteiger partial charge in [0.2, 0.25) is 5.91 Å². The van der Waals surface area contributed by atoms with Crippen molar-refractivity contribution in [3.05, 3.63) is 0 Å². The van der Waals surface area contributed by atoms with Gasteiger partial charge in [-0.25, -0.2) is 0 Å². The van der Waals surface area contributed by atoms with Crippen molar-refractivity contribution in [1.82, 2.24) is 10.2 Å². The number of nitrogens with zero attached hydrogens (tertiary/aromatic N) is 1. The van der Waals surface area contributed by atoms with Crippen LogP contribution < -0.4 is 11.1 Å². The number of amides is 1. The van der Waals surface area contributed by atoms with Crippen molar-refractivity contribution >= 4 is 5.91 Å². The lowest BCUT2D eigenvalue weighted by Gasteiger charge is -2.42. The fourth-order valence-corrected chi connectivity index (χ4v) is 3.20. The highest BCUT2D eigenvalue weighted by molar-refractivity contribution is 5.78. The molecular formula is C16H33N3O. The molecular weight excluding hydrogens is 250 g/mol. The lowest BCUT2D eigenvalue weighted by molar-refractivity contribution is -0.124. The number of likely N-dealkylation sites (N-methyl/N-ethyl adjacent to an activating group) is 1. The molecule has 1 aliphatic carbocycles. The molecule has 0 aromatic rings. The van der Waals surface area contributed by atoms with Crippen LogP contribution in [0.5, 0.6) is 0 Å². The summed E-state index contributed by atoms with van der Waals surface area (Å²) in [6, 6.07) is 0. The van der Waals surface area contributed by atoms with E-state index in [1.807, 2.05) is 0 Å². The maximum atomic E-state index is 12.1. The Kier molecular flexibility index (Phi) is 7.52. The molecule has 1 aliphatic rings. The van der Waals surface area contributed by atoms with Crippen LogP contribution in [0.1, 0.15) is 59.3 Å². The van der Waals surface area contributed by atoms with Gasteiger partial charge in [0.05, 0.1) is 6.54 Å². The number of hydrogen-bond acceptors (Lipinski definition) is 3. The standard InChI is InChI=1S/C16H33N3O/c1-4-19(12-15(20)18-11-14(2)3)16(13-17)9-7-5-6-8-10-16/h14H,4-13,17H2,1-3H3,(H,18,20). The van der Waals surface area contributed by atoms with Crippen molar-refractivity contribution in [2.24, 2.45) is 11.7 Å². The number of rotatable bonds is 7. The van der Waals surface area contributed by atoms with E-state index in [9.17, 15) is 4.79 Å². The third kappa shape index (κ3) is 5.06. The Morgan fingerprint density at radius 3 is 2.30 bits per heavy atom. The van der Waals surface area contributed by atoms with Gasteiger partial charge in [0.15, 0.2) is 0 Å². The average Bonchev–Trinajstić information content (AvgIpc) is 2.68. The Morgan fingerprint density at radius 2 is 1.85 bits per heavy atom. The predicted octanol–water partition coefficient (Wildman–Crippen LogP) is 2.13. The van der Waals surface area contributed by atoms with Gasteiger partial charge in [-0.15, -0.1) is 0 Å². The van der Waals surface area contributed by atoms with Gasteiger partial charge >= 0.3 is 0 Å². The number of carbonyl (C=O) groups excluding carboxylic acids is 1. The Labute approximate surface area is 124 Å². The van der Waals surface area contributed by atoms with E-state index < -0.39 is 0 Å². The third-order valence-corrected chi connectivity index (χ3v) is 4.51. The van der Waals surface area contributed by atoms with E-state index in [0.29, 0.717) is 19.0 Å². The SMILES string of the molecule is CCN(CC(=O)NCC(C)C)C1(CN)CCCCCC1. The highest BCUT2D eigenvalue weighted by atomic mass is 16.2. The monoisotopic (exact) mass is 283 g/mol. The van der Waals surface area contributed by atoms with Crippen LogP contribution in [0.2, 0.25) is 0 Å². The van der Waals surface area contributed by atoms with Crippen LogP contribution in [-0.4, -0.2) is 42.5 Å². The highest BCUT2D eigenvalue weighted by Crippen LogP contribution is 2.31. The maximum absolute atomic E-state index is 12.1. The summed E-state index contributed by atoms with van der Waals surface area (Å²) in [7, 11) is 0. The van der Waals surface area contributed by atoms with Crippen molar-refractivity contribution in [1.29, 1.82) is 0 Å². The summed E-state index contributed by atoms with van der Waals surface area (Å²) in [5, 5.41) is 3.02. The number of nitrogens with one attached hydrogen (secondary N) is 1. The Hall–Kier alpha value is -0.610. The molecule has 0 aliphatic heterocycles. The van der Waals surface area contributed by atoms with Crippen LogP contribution in [-0.2, 0) is 4.79 Å². The first-order valence-corrected chi connectivity index (χ1v) is 8.26. The zero-order valence-corrected chi connectivity index (χ0v) is 13.6. The van der Waals surface area contributed by atoms with Crippen LogP contribution in [0.4, 0.5) is 0 Å². The van der Waals surface area contributed by atoms with E-state index >= 15 is 0 Å². The van der Waals surface area contributed by atoms with Gasteiger partial charge < -0.3 is 11.1 Å². The largest absolute Gasteiger partial charge is 0.355 e. The van der Waals surface area contributed by atoms with Crippen LogP contribution in [0.3, 0.4) is 0 Å². The minimum Gasteiger partial charge on any atom is -0.355 e. The molecule has 20 heavy (non-hydrogen) atoms. The molecule has 0 spiro atoms. The zero-order chi connectivity index (χ0) is 15.0. The first-order valence-electron chi connectivity index (χ1n) is 8.26. The van der Waals surface area contributed by atoms with Crippen LogP contribution >= 0.6 is 0 Å². The molecule has 0 saturated heterocycles. The molecule has 0 unspecified atom stereocenters. The minimum atomic E-state index is 0.0421. The summed E-state index contributed by atoms with van der Waals surface area (Å²) in [6.45, 7) is 9.17. The van der Waals surface area contributed by atoms with Crippen molar-refractivity contribution in [3.63, 3.8) is 0 Å². The Bertz CT molecular complexity index is 283. The molecule has 0 bridgehead atoms. The molecule has 1 saturated carbocycles. The van der Waals surface area contributed by atoms with Crippen molar-refractivity contribution in [2.75, 3.05) is 26.2 Å². The smallest absolute Gasteiger partial charge is 0.234 e. The summed E-state index contributed by atoms with van der Waals surface area (Å²) in [6.07, 6.45) is 7.35. The topological polar surface area (TPSA) is 58.4 Å². The molecule has 0 aromatic heterocycles. The molecule has 0 atom stereocenters. The quantitative estimate of drug-likeness (QED) is 0.704. The number of carbonyl (C=O) groups is 1. The first-order chi connectivity index (χ1) is 9.54. The van der Waals surface area contributed by atoms with E-state index in [0.717, 1.165) is 25.9 Å². The summed E-state index contributed by atoms with van der Waals surface area (Å²) in [5.74, 6) is 0.632. The molecule has 118 valence electrons. The van der Waals surface area contributed by atoms with E-state index in [-0.39, 0.29) is 11.4 Å². The first kappa shape index (κ1) is 17.4. The average molecular weight is 283 g/mol. The highest BCUT2D eigenvalue weighted by Gasteiger charge is 2.35. The molecule has 4 nitrogen and oxygen atoms in total. The van der Waals surface area contributed by atoms with Gasteiger partial charge in [0.1, 0.15) is 0 Å². The molecule has 1 rings (SSSR count). The molecule has 0 aromatic carbocycles. The number of nitrogens with two attached hydrogens (primary N) is 1. The molecule has 3 N–H and O–H groups in total. The normalized spacial score (nSPS) is 19.1. The predicted molar refractivity (Wildman–Crippen MR) is 84.6 cm³/mol. The summed E-state index contributed by atoms with van der Waals surface area (Å²) in [5.41, 5.74) is 6.15. The van der Waals surface area contributed by atoms with Crippen molar-refractivity contribution < 1.29 is 4.79 Å². The molecule has 4 heteroatoms. The minimum absolute atomic E-state index is 0.0421. The van der Waals surface area contributed by atoms with Gasteiger partial charge in [-0.05, 0) is 25.3 Å². The number of hydrogen-bond donors (Lipinski definition) is 2. The van der Waals surface area contributed by atoms with Crippen molar-refractivity contribution in [2.45, 2.75) is 64.8 Å². The molecule has 0 heterocycles. The van der Waals surface area contributed by atoms with Gasteiger partial charge in [-0.1, -0.05) is 46.5 Å². The van der Waals surface area contributed by atoms with E-state index in [1.54, 1.807) is 0 Å². The summed E-state index contributed by atoms with van der Waals surface area (Å²) < 4.78 is 0.